The van der Waals surface area contributed by atoms with E-state index in [-0.39, 0.29) is 0 Å². The van der Waals surface area contributed by atoms with Gasteiger partial charge in [-0.1, -0.05) is 19.8 Å². The van der Waals surface area contributed by atoms with Gasteiger partial charge >= 0.3 is 0 Å². The highest BCUT2D eigenvalue weighted by molar-refractivity contribution is 5.30. The molecule has 4 heteroatoms. The van der Waals surface area contributed by atoms with Crippen molar-refractivity contribution in [2.45, 2.75) is 33.1 Å². The summed E-state index contributed by atoms with van der Waals surface area (Å²) in [5, 5.41) is 3.19. The van der Waals surface area contributed by atoms with Gasteiger partial charge in [0.2, 0.25) is 11.8 Å². The highest BCUT2D eigenvalue weighted by atomic mass is 16.5. The van der Waals surface area contributed by atoms with E-state index in [9.17, 15) is 0 Å². The average molecular weight is 209 g/mol. The standard InChI is InChI=1S/C11H19N3O/c1-4-5-6-7-12-11-13-9(2)8-10(14-11)15-3/h8H,4-7H2,1-3H3,(H,12,13,14). The van der Waals surface area contributed by atoms with Crippen LogP contribution in [0.1, 0.15) is 31.9 Å². The van der Waals surface area contributed by atoms with Crippen molar-refractivity contribution in [3.05, 3.63) is 11.8 Å². The molecule has 1 aromatic rings. The number of rotatable bonds is 6. The lowest BCUT2D eigenvalue weighted by Crippen LogP contribution is -2.06. The summed E-state index contributed by atoms with van der Waals surface area (Å²) in [6.45, 7) is 5.04. The summed E-state index contributed by atoms with van der Waals surface area (Å²) in [6.07, 6.45) is 3.60. The predicted molar refractivity (Wildman–Crippen MR) is 61.3 cm³/mol. The second-order valence-electron chi connectivity index (χ2n) is 3.51. The van der Waals surface area contributed by atoms with Gasteiger partial charge in [0.1, 0.15) is 0 Å². The van der Waals surface area contributed by atoms with E-state index in [1.165, 1.54) is 12.8 Å². The van der Waals surface area contributed by atoms with E-state index in [0.717, 1.165) is 18.7 Å². The molecule has 0 spiro atoms. The largest absolute Gasteiger partial charge is 0.481 e. The molecule has 0 aliphatic heterocycles. The third-order valence-corrected chi connectivity index (χ3v) is 2.10. The molecule has 0 aromatic carbocycles. The molecular formula is C11H19N3O. The lowest BCUT2D eigenvalue weighted by Gasteiger charge is -2.06. The minimum atomic E-state index is 0.612. The predicted octanol–water partition coefficient (Wildman–Crippen LogP) is 2.40. The third-order valence-electron chi connectivity index (χ3n) is 2.10. The van der Waals surface area contributed by atoms with Gasteiger partial charge in [-0.3, -0.25) is 0 Å². The molecule has 15 heavy (non-hydrogen) atoms. The van der Waals surface area contributed by atoms with Crippen molar-refractivity contribution in [2.75, 3.05) is 19.0 Å². The topological polar surface area (TPSA) is 47.0 Å². The first-order chi connectivity index (χ1) is 7.26. The van der Waals surface area contributed by atoms with Crippen molar-refractivity contribution < 1.29 is 4.74 Å². The highest BCUT2D eigenvalue weighted by Crippen LogP contribution is 2.11. The number of hydrogen-bond acceptors (Lipinski definition) is 4. The van der Waals surface area contributed by atoms with Crippen LogP contribution in [0.4, 0.5) is 5.95 Å². The molecule has 0 unspecified atom stereocenters. The van der Waals surface area contributed by atoms with E-state index >= 15 is 0 Å². The molecule has 1 rings (SSSR count). The van der Waals surface area contributed by atoms with Gasteiger partial charge in [0, 0.05) is 18.3 Å². The number of hydrogen-bond donors (Lipinski definition) is 1. The quantitative estimate of drug-likeness (QED) is 0.731. The van der Waals surface area contributed by atoms with Crippen LogP contribution >= 0.6 is 0 Å². The van der Waals surface area contributed by atoms with Crippen LogP contribution in [0, 0.1) is 6.92 Å². The molecule has 0 amide bonds. The van der Waals surface area contributed by atoms with Gasteiger partial charge in [0.15, 0.2) is 0 Å². The van der Waals surface area contributed by atoms with Crippen LogP contribution in [-0.4, -0.2) is 23.6 Å². The Morgan fingerprint density at radius 2 is 2.13 bits per heavy atom. The minimum absolute atomic E-state index is 0.612. The van der Waals surface area contributed by atoms with Crippen molar-refractivity contribution in [2.24, 2.45) is 0 Å². The van der Waals surface area contributed by atoms with Gasteiger partial charge in [-0.05, 0) is 13.3 Å². The minimum Gasteiger partial charge on any atom is -0.481 e. The number of anilines is 1. The molecule has 1 heterocycles. The first-order valence-electron chi connectivity index (χ1n) is 5.39. The van der Waals surface area contributed by atoms with E-state index in [1.54, 1.807) is 7.11 Å². The molecule has 0 fully saturated rings. The van der Waals surface area contributed by atoms with Crippen molar-refractivity contribution in [3.8, 4) is 5.88 Å². The Bertz CT molecular complexity index is 302. The summed E-state index contributed by atoms with van der Waals surface area (Å²) < 4.78 is 5.07. The zero-order valence-corrected chi connectivity index (χ0v) is 9.71. The van der Waals surface area contributed by atoms with Crippen LogP contribution in [0.25, 0.3) is 0 Å². The Kier molecular flexibility index (Phi) is 4.87. The zero-order valence-electron chi connectivity index (χ0n) is 9.71. The van der Waals surface area contributed by atoms with E-state index in [0.29, 0.717) is 11.8 Å². The van der Waals surface area contributed by atoms with E-state index < -0.39 is 0 Å². The van der Waals surface area contributed by atoms with Crippen molar-refractivity contribution >= 4 is 5.95 Å². The number of ether oxygens (including phenoxy) is 1. The Hall–Kier alpha value is -1.32. The fraction of sp³-hybridized carbons (Fsp3) is 0.636. The Balaban J connectivity index is 2.49. The fourth-order valence-corrected chi connectivity index (χ4v) is 1.30. The summed E-state index contributed by atoms with van der Waals surface area (Å²) >= 11 is 0. The van der Waals surface area contributed by atoms with Crippen molar-refractivity contribution in [1.82, 2.24) is 9.97 Å². The van der Waals surface area contributed by atoms with Crippen LogP contribution in [0.15, 0.2) is 6.07 Å². The van der Waals surface area contributed by atoms with Crippen LogP contribution in [0.3, 0.4) is 0 Å². The monoisotopic (exact) mass is 209 g/mol. The molecular weight excluding hydrogens is 190 g/mol. The van der Waals surface area contributed by atoms with E-state index in [1.807, 2.05) is 13.0 Å². The second-order valence-corrected chi connectivity index (χ2v) is 3.51. The van der Waals surface area contributed by atoms with Crippen LogP contribution in [0.5, 0.6) is 5.88 Å². The molecule has 84 valence electrons. The van der Waals surface area contributed by atoms with Gasteiger partial charge in [0.05, 0.1) is 7.11 Å². The average Bonchev–Trinajstić information content (AvgIpc) is 2.23. The van der Waals surface area contributed by atoms with E-state index in [4.69, 9.17) is 4.74 Å². The number of nitrogens with zero attached hydrogens (tertiary/aromatic N) is 2. The summed E-state index contributed by atoms with van der Waals surface area (Å²) in [7, 11) is 1.61. The molecule has 0 bridgehead atoms. The second kappa shape index (κ2) is 6.22. The molecule has 0 radical (unpaired) electrons. The van der Waals surface area contributed by atoms with Crippen LogP contribution in [0.2, 0.25) is 0 Å². The first-order valence-corrected chi connectivity index (χ1v) is 5.39. The Morgan fingerprint density at radius 3 is 2.80 bits per heavy atom. The van der Waals surface area contributed by atoms with Crippen molar-refractivity contribution in [3.63, 3.8) is 0 Å². The summed E-state index contributed by atoms with van der Waals surface area (Å²) in [6, 6.07) is 1.82. The third kappa shape index (κ3) is 4.14. The van der Waals surface area contributed by atoms with Crippen molar-refractivity contribution in [1.29, 1.82) is 0 Å². The molecule has 0 atom stereocenters. The maximum absolute atomic E-state index is 5.07. The summed E-state index contributed by atoms with van der Waals surface area (Å²) in [4.78, 5) is 8.48. The molecule has 4 nitrogen and oxygen atoms in total. The molecule has 0 aliphatic carbocycles. The Morgan fingerprint density at radius 1 is 1.33 bits per heavy atom. The lowest BCUT2D eigenvalue weighted by molar-refractivity contribution is 0.397. The van der Waals surface area contributed by atoms with Crippen LogP contribution < -0.4 is 10.1 Å². The van der Waals surface area contributed by atoms with Gasteiger partial charge < -0.3 is 10.1 Å². The number of aryl methyl sites for hydroxylation is 1. The van der Waals surface area contributed by atoms with Gasteiger partial charge in [-0.2, -0.15) is 4.98 Å². The maximum atomic E-state index is 5.07. The van der Waals surface area contributed by atoms with Gasteiger partial charge in [-0.15, -0.1) is 0 Å². The molecule has 0 saturated heterocycles. The summed E-state index contributed by atoms with van der Waals surface area (Å²) in [5.41, 5.74) is 0.917. The normalized spacial score (nSPS) is 10.1. The van der Waals surface area contributed by atoms with Crippen LogP contribution in [-0.2, 0) is 0 Å². The fourth-order valence-electron chi connectivity index (χ4n) is 1.30. The van der Waals surface area contributed by atoms with Gasteiger partial charge in [-0.25, -0.2) is 4.98 Å². The molecule has 0 saturated carbocycles. The lowest BCUT2D eigenvalue weighted by atomic mass is 10.2. The zero-order chi connectivity index (χ0) is 11.1. The van der Waals surface area contributed by atoms with Gasteiger partial charge in [0.25, 0.3) is 0 Å². The SMILES string of the molecule is CCCCCNc1nc(C)cc(OC)n1. The number of methoxy groups -OCH3 is 1. The number of aromatic nitrogens is 2. The molecule has 1 aromatic heterocycles. The first kappa shape index (κ1) is 11.8. The number of unbranched alkanes of at least 4 members (excludes halogenated alkanes) is 2. The van der Waals surface area contributed by atoms with E-state index in [2.05, 4.69) is 22.2 Å². The summed E-state index contributed by atoms with van der Waals surface area (Å²) in [5.74, 6) is 1.27. The number of nitrogens with one attached hydrogen (secondary N) is 1. The molecule has 1 N–H and O–H groups in total. The Labute approximate surface area is 91.1 Å². The smallest absolute Gasteiger partial charge is 0.226 e. The highest BCUT2D eigenvalue weighted by Gasteiger charge is 2.00. The maximum Gasteiger partial charge on any atom is 0.226 e. The molecule has 0 aliphatic rings.